The van der Waals surface area contributed by atoms with Gasteiger partial charge in [0.25, 0.3) is 17.7 Å². The Bertz CT molecular complexity index is 1280. The third-order valence-electron chi connectivity index (χ3n) is 5.48. The standard InChI is InChI=1S/C25H26N6O4/c1-4-19(35-20-10-9-15(2)13-16(20)3)24(33)27-18-8-5-7-17(14-18)23(32)28-22-21(25(34)30-29-22)31-12-6-11-26-31/h5-14,19,21H,4H2,1-3H3,(H,27,33)(H,30,34)(H,28,29,32). The average molecular weight is 475 g/mol. The van der Waals surface area contributed by atoms with Crippen molar-refractivity contribution < 1.29 is 19.1 Å². The van der Waals surface area contributed by atoms with Gasteiger partial charge in [-0.15, -0.1) is 0 Å². The van der Waals surface area contributed by atoms with E-state index >= 15 is 0 Å². The highest BCUT2D eigenvalue weighted by molar-refractivity contribution is 6.16. The monoisotopic (exact) mass is 474 g/mol. The van der Waals surface area contributed by atoms with E-state index in [0.29, 0.717) is 17.9 Å². The molecule has 0 bridgehead atoms. The molecule has 180 valence electrons. The van der Waals surface area contributed by atoms with Crippen LogP contribution in [0.1, 0.15) is 40.9 Å². The Morgan fingerprint density at radius 3 is 2.69 bits per heavy atom. The zero-order chi connectivity index (χ0) is 24.9. The van der Waals surface area contributed by atoms with Gasteiger partial charge in [0.05, 0.1) is 0 Å². The molecule has 2 aromatic carbocycles. The molecule has 3 amide bonds. The number of ether oxygens (including phenoxy) is 1. The highest BCUT2D eigenvalue weighted by Crippen LogP contribution is 2.22. The van der Waals surface area contributed by atoms with Crippen LogP contribution in [0.2, 0.25) is 0 Å². The zero-order valence-corrected chi connectivity index (χ0v) is 19.6. The quantitative estimate of drug-likeness (QED) is 0.485. The van der Waals surface area contributed by atoms with Gasteiger partial charge in [-0.3, -0.25) is 19.1 Å². The van der Waals surface area contributed by atoms with E-state index in [4.69, 9.17) is 4.74 Å². The number of rotatable bonds is 7. The molecule has 2 atom stereocenters. The molecule has 1 aliphatic rings. The number of carbonyl (C=O) groups is 3. The summed E-state index contributed by atoms with van der Waals surface area (Å²) in [5.41, 5.74) is 5.14. The maximum absolute atomic E-state index is 12.9. The van der Waals surface area contributed by atoms with Crippen molar-refractivity contribution in [2.75, 3.05) is 5.32 Å². The van der Waals surface area contributed by atoms with Crippen molar-refractivity contribution in [2.24, 2.45) is 5.10 Å². The van der Waals surface area contributed by atoms with E-state index in [-0.39, 0.29) is 17.3 Å². The van der Waals surface area contributed by atoms with Crippen molar-refractivity contribution >= 4 is 29.2 Å². The smallest absolute Gasteiger partial charge is 0.272 e. The number of hydrogen-bond acceptors (Lipinski definition) is 6. The van der Waals surface area contributed by atoms with Crippen LogP contribution in [-0.2, 0) is 9.59 Å². The molecule has 3 aromatic rings. The second kappa shape index (κ2) is 10.2. The number of amides is 3. The van der Waals surface area contributed by atoms with Crippen molar-refractivity contribution in [1.82, 2.24) is 20.5 Å². The number of nitrogens with zero attached hydrogens (tertiary/aromatic N) is 3. The highest BCUT2D eigenvalue weighted by atomic mass is 16.5. The fourth-order valence-corrected chi connectivity index (χ4v) is 3.69. The molecule has 0 spiro atoms. The summed E-state index contributed by atoms with van der Waals surface area (Å²) >= 11 is 0. The molecule has 3 N–H and O–H groups in total. The summed E-state index contributed by atoms with van der Waals surface area (Å²) < 4.78 is 7.35. The van der Waals surface area contributed by atoms with E-state index in [1.807, 2.05) is 39.0 Å². The number of aryl methyl sites for hydroxylation is 2. The Kier molecular flexibility index (Phi) is 6.91. The Morgan fingerprint density at radius 1 is 1.14 bits per heavy atom. The first-order valence-electron chi connectivity index (χ1n) is 11.2. The number of amidine groups is 1. The molecule has 0 aliphatic carbocycles. The van der Waals surface area contributed by atoms with Crippen LogP contribution in [0.3, 0.4) is 0 Å². The number of anilines is 1. The Labute approximate surface area is 202 Å². The molecule has 0 saturated carbocycles. The van der Waals surface area contributed by atoms with Crippen molar-refractivity contribution in [3.05, 3.63) is 77.6 Å². The number of carbonyl (C=O) groups excluding carboxylic acids is 3. The van der Waals surface area contributed by atoms with Gasteiger partial charge in [-0.2, -0.15) is 10.2 Å². The zero-order valence-electron chi connectivity index (χ0n) is 19.6. The number of hydrazone groups is 1. The predicted molar refractivity (Wildman–Crippen MR) is 130 cm³/mol. The summed E-state index contributed by atoms with van der Waals surface area (Å²) in [4.78, 5) is 37.9. The molecule has 0 fully saturated rings. The SMILES string of the molecule is CCC(Oc1ccc(C)cc1C)C(=O)Nc1cccc(C(=O)NC2=NNC(=O)C2n2cccn2)c1. The van der Waals surface area contributed by atoms with Gasteiger partial charge >= 0.3 is 0 Å². The number of hydrogen-bond donors (Lipinski definition) is 3. The van der Waals surface area contributed by atoms with Crippen molar-refractivity contribution in [3.63, 3.8) is 0 Å². The lowest BCUT2D eigenvalue weighted by Crippen LogP contribution is -2.38. The third kappa shape index (κ3) is 5.37. The highest BCUT2D eigenvalue weighted by Gasteiger charge is 2.33. The molecule has 35 heavy (non-hydrogen) atoms. The van der Waals surface area contributed by atoms with Gasteiger partial charge in [-0.25, -0.2) is 5.43 Å². The molecule has 2 unspecified atom stereocenters. The van der Waals surface area contributed by atoms with Crippen LogP contribution in [0.5, 0.6) is 5.75 Å². The average Bonchev–Trinajstić information content (AvgIpc) is 3.48. The normalized spacial score (nSPS) is 15.7. The van der Waals surface area contributed by atoms with Crippen LogP contribution in [0, 0.1) is 13.8 Å². The molecule has 10 heteroatoms. The largest absolute Gasteiger partial charge is 0.480 e. The third-order valence-corrected chi connectivity index (χ3v) is 5.48. The fourth-order valence-electron chi connectivity index (χ4n) is 3.69. The van der Waals surface area contributed by atoms with E-state index in [0.717, 1.165) is 11.1 Å². The summed E-state index contributed by atoms with van der Waals surface area (Å²) in [6.07, 6.45) is 2.91. The molecular weight excluding hydrogens is 448 g/mol. The lowest BCUT2D eigenvalue weighted by molar-refractivity contribution is -0.123. The number of benzene rings is 2. The molecule has 4 rings (SSSR count). The van der Waals surface area contributed by atoms with E-state index in [1.54, 1.807) is 36.5 Å². The minimum Gasteiger partial charge on any atom is -0.480 e. The first kappa shape index (κ1) is 23.7. The summed E-state index contributed by atoms with van der Waals surface area (Å²) in [6.45, 7) is 5.80. The first-order valence-corrected chi connectivity index (χ1v) is 11.2. The molecule has 10 nitrogen and oxygen atoms in total. The fraction of sp³-hybridized carbons (Fsp3) is 0.240. The summed E-state index contributed by atoms with van der Waals surface area (Å²) in [6, 6.07) is 13.1. The van der Waals surface area contributed by atoms with Crippen LogP contribution in [0.4, 0.5) is 5.69 Å². The van der Waals surface area contributed by atoms with Gasteiger partial charge in [0.1, 0.15) is 5.75 Å². The molecule has 1 aromatic heterocycles. The predicted octanol–water partition coefficient (Wildman–Crippen LogP) is 2.71. The second-order valence-electron chi connectivity index (χ2n) is 8.17. The van der Waals surface area contributed by atoms with Crippen LogP contribution >= 0.6 is 0 Å². The van der Waals surface area contributed by atoms with Crippen LogP contribution in [0.25, 0.3) is 0 Å². The van der Waals surface area contributed by atoms with E-state index < -0.39 is 24.0 Å². The molecular formula is C25H26N6O4. The Morgan fingerprint density at radius 2 is 1.97 bits per heavy atom. The van der Waals surface area contributed by atoms with Gasteiger partial charge in [-0.1, -0.05) is 30.7 Å². The Balaban J connectivity index is 1.43. The van der Waals surface area contributed by atoms with Crippen LogP contribution in [-0.4, -0.2) is 39.4 Å². The number of nitrogens with one attached hydrogen (secondary N) is 3. The van der Waals surface area contributed by atoms with E-state index in [1.165, 1.54) is 10.9 Å². The minimum atomic E-state index is -0.871. The van der Waals surface area contributed by atoms with Crippen LogP contribution in [0.15, 0.2) is 66.0 Å². The van der Waals surface area contributed by atoms with Gasteiger partial charge in [-0.05, 0) is 56.2 Å². The number of aromatic nitrogens is 2. The second-order valence-corrected chi connectivity index (χ2v) is 8.17. The van der Waals surface area contributed by atoms with Gasteiger partial charge in [0.15, 0.2) is 18.0 Å². The maximum atomic E-state index is 12.9. The summed E-state index contributed by atoms with van der Waals surface area (Å²) in [5, 5.41) is 13.4. The van der Waals surface area contributed by atoms with Crippen molar-refractivity contribution in [3.8, 4) is 5.75 Å². The first-order chi connectivity index (χ1) is 16.9. The topological polar surface area (TPSA) is 127 Å². The lowest BCUT2D eigenvalue weighted by Gasteiger charge is -2.19. The maximum Gasteiger partial charge on any atom is 0.272 e. The van der Waals surface area contributed by atoms with Gasteiger partial charge in [0, 0.05) is 23.6 Å². The van der Waals surface area contributed by atoms with E-state index in [9.17, 15) is 14.4 Å². The lowest BCUT2D eigenvalue weighted by atomic mass is 10.1. The minimum absolute atomic E-state index is 0.131. The summed E-state index contributed by atoms with van der Waals surface area (Å²) in [5.74, 6) is -0.422. The van der Waals surface area contributed by atoms with Crippen molar-refractivity contribution in [2.45, 2.75) is 39.3 Å². The molecule has 1 aliphatic heterocycles. The Hall–Kier alpha value is -4.47. The molecule has 2 heterocycles. The van der Waals surface area contributed by atoms with Crippen LogP contribution < -0.4 is 20.8 Å². The van der Waals surface area contributed by atoms with Gasteiger partial charge < -0.3 is 15.4 Å². The summed E-state index contributed by atoms with van der Waals surface area (Å²) in [7, 11) is 0. The van der Waals surface area contributed by atoms with Crippen molar-refractivity contribution in [1.29, 1.82) is 0 Å². The molecule has 0 saturated heterocycles. The van der Waals surface area contributed by atoms with Gasteiger partial charge in [0.2, 0.25) is 0 Å². The van der Waals surface area contributed by atoms with E-state index in [2.05, 4.69) is 26.3 Å². The molecule has 0 radical (unpaired) electrons.